The number of primary amides is 1. The van der Waals surface area contributed by atoms with E-state index < -0.39 is 23.6 Å². The number of carbonyl (C=O) groups excluding carboxylic acids is 2. The van der Waals surface area contributed by atoms with Crippen LogP contribution in [0.5, 0.6) is 0 Å². The minimum Gasteiger partial charge on any atom is -0.444 e. The van der Waals surface area contributed by atoms with Crippen molar-refractivity contribution in [3.8, 4) is 0 Å². The Bertz CT molecular complexity index is 676. The molecule has 0 aliphatic rings. The van der Waals surface area contributed by atoms with E-state index in [1.807, 2.05) is 0 Å². The lowest BCUT2D eigenvalue weighted by Crippen LogP contribution is -2.45. The standard InChI is InChI=1S/C21H34FN3O4/c1-21(2,3)29-20(28)24-16(11-12-18(23)27)14-25(4)17-10-7-9-15(19(17)22)8-5-6-13-26/h7,9-10,16,26H,5-6,8,11-14H2,1-4H3,(H2,23,27)(H,24,28)/t16-/m0/s1. The van der Waals surface area contributed by atoms with Gasteiger partial charge < -0.3 is 25.8 Å². The maximum absolute atomic E-state index is 14.9. The molecule has 1 aromatic carbocycles. The summed E-state index contributed by atoms with van der Waals surface area (Å²) in [6, 6.07) is 4.74. The molecule has 0 saturated carbocycles. The number of nitrogens with one attached hydrogen (secondary N) is 1. The van der Waals surface area contributed by atoms with Crippen molar-refractivity contribution in [3.05, 3.63) is 29.6 Å². The molecule has 0 saturated heterocycles. The Morgan fingerprint density at radius 3 is 2.59 bits per heavy atom. The van der Waals surface area contributed by atoms with Crippen molar-refractivity contribution >= 4 is 17.7 Å². The van der Waals surface area contributed by atoms with E-state index >= 15 is 0 Å². The number of carbonyl (C=O) groups is 2. The van der Waals surface area contributed by atoms with Crippen LogP contribution in [0.15, 0.2) is 18.2 Å². The first-order valence-corrected chi connectivity index (χ1v) is 9.90. The number of halogens is 1. The second kappa shape index (κ2) is 11.6. The molecule has 1 atom stereocenters. The SMILES string of the molecule is CN(C[C@H](CCC(N)=O)NC(=O)OC(C)(C)C)c1cccc(CCCCO)c1F. The van der Waals surface area contributed by atoms with Crippen LogP contribution in [0.1, 0.15) is 52.0 Å². The largest absolute Gasteiger partial charge is 0.444 e. The number of hydrogen-bond acceptors (Lipinski definition) is 5. The summed E-state index contributed by atoms with van der Waals surface area (Å²) >= 11 is 0. The summed E-state index contributed by atoms with van der Waals surface area (Å²) in [6.07, 6.45) is 1.67. The van der Waals surface area contributed by atoms with Crippen LogP contribution in [-0.2, 0) is 16.0 Å². The average Bonchev–Trinajstić information content (AvgIpc) is 2.59. The molecule has 0 radical (unpaired) electrons. The lowest BCUT2D eigenvalue weighted by atomic mass is 10.1. The third-order valence-electron chi connectivity index (χ3n) is 4.28. The van der Waals surface area contributed by atoms with Crippen LogP contribution >= 0.6 is 0 Å². The number of hydrogen-bond donors (Lipinski definition) is 3. The van der Waals surface area contributed by atoms with Crippen molar-refractivity contribution in [2.24, 2.45) is 5.73 Å². The molecule has 4 N–H and O–H groups in total. The van der Waals surface area contributed by atoms with Gasteiger partial charge in [-0.15, -0.1) is 0 Å². The molecular weight excluding hydrogens is 377 g/mol. The molecule has 0 fully saturated rings. The summed E-state index contributed by atoms with van der Waals surface area (Å²) in [5.74, 6) is -0.792. The number of aliphatic hydroxyl groups excluding tert-OH is 1. The van der Waals surface area contributed by atoms with Crippen LogP contribution in [0, 0.1) is 5.82 Å². The zero-order valence-corrected chi connectivity index (χ0v) is 17.8. The highest BCUT2D eigenvalue weighted by molar-refractivity contribution is 5.74. The summed E-state index contributed by atoms with van der Waals surface area (Å²) in [5.41, 5.74) is 5.57. The van der Waals surface area contributed by atoms with Crippen LogP contribution in [0.3, 0.4) is 0 Å². The van der Waals surface area contributed by atoms with Crippen LogP contribution in [0.4, 0.5) is 14.9 Å². The summed E-state index contributed by atoms with van der Waals surface area (Å²) in [7, 11) is 1.73. The van der Waals surface area contributed by atoms with E-state index in [1.54, 1.807) is 50.9 Å². The van der Waals surface area contributed by atoms with Crippen LogP contribution in [-0.4, -0.2) is 48.9 Å². The van der Waals surface area contributed by atoms with Crippen molar-refractivity contribution in [1.82, 2.24) is 5.32 Å². The van der Waals surface area contributed by atoms with E-state index in [9.17, 15) is 14.0 Å². The molecular formula is C21H34FN3O4. The van der Waals surface area contributed by atoms with E-state index in [0.717, 1.165) is 0 Å². The number of alkyl carbamates (subject to hydrolysis) is 1. The quantitative estimate of drug-likeness (QED) is 0.486. The topological polar surface area (TPSA) is 105 Å². The number of unbranched alkanes of at least 4 members (excludes halogenated alkanes) is 1. The Kier molecular flexibility index (Phi) is 9.88. The third kappa shape index (κ3) is 9.60. The Morgan fingerprint density at radius 2 is 2.00 bits per heavy atom. The highest BCUT2D eigenvalue weighted by atomic mass is 19.1. The predicted octanol–water partition coefficient (Wildman–Crippen LogP) is 2.74. The first-order chi connectivity index (χ1) is 13.5. The lowest BCUT2D eigenvalue weighted by molar-refractivity contribution is -0.118. The fourth-order valence-electron chi connectivity index (χ4n) is 2.91. The minimum atomic E-state index is -0.654. The maximum atomic E-state index is 14.9. The fraction of sp³-hybridized carbons (Fsp3) is 0.619. The van der Waals surface area contributed by atoms with E-state index in [1.165, 1.54) is 0 Å². The van der Waals surface area contributed by atoms with Crippen LogP contribution < -0.4 is 16.0 Å². The monoisotopic (exact) mass is 411 g/mol. The van der Waals surface area contributed by atoms with Gasteiger partial charge in [-0.1, -0.05) is 12.1 Å². The Hall–Kier alpha value is -2.35. The van der Waals surface area contributed by atoms with Gasteiger partial charge >= 0.3 is 6.09 Å². The van der Waals surface area contributed by atoms with Crippen molar-refractivity contribution in [2.75, 3.05) is 25.1 Å². The van der Waals surface area contributed by atoms with Crippen LogP contribution in [0.2, 0.25) is 0 Å². The summed E-state index contributed by atoms with van der Waals surface area (Å²) < 4.78 is 20.2. The van der Waals surface area contributed by atoms with Gasteiger partial charge in [0.15, 0.2) is 0 Å². The second-order valence-electron chi connectivity index (χ2n) is 8.16. The van der Waals surface area contributed by atoms with E-state index in [2.05, 4.69) is 5.32 Å². The maximum Gasteiger partial charge on any atom is 0.407 e. The van der Waals surface area contributed by atoms with Gasteiger partial charge in [0.2, 0.25) is 5.91 Å². The van der Waals surface area contributed by atoms with Crippen molar-refractivity contribution in [2.45, 2.75) is 64.5 Å². The molecule has 29 heavy (non-hydrogen) atoms. The number of benzene rings is 1. The highest BCUT2D eigenvalue weighted by Gasteiger charge is 2.22. The fourth-order valence-corrected chi connectivity index (χ4v) is 2.91. The van der Waals surface area contributed by atoms with Gasteiger partial charge in [0, 0.05) is 26.6 Å². The van der Waals surface area contributed by atoms with E-state index in [0.29, 0.717) is 36.9 Å². The molecule has 0 heterocycles. The minimum absolute atomic E-state index is 0.0824. The average molecular weight is 412 g/mol. The molecule has 2 amide bonds. The van der Waals surface area contributed by atoms with Crippen molar-refractivity contribution < 1.29 is 23.8 Å². The zero-order chi connectivity index (χ0) is 22.0. The van der Waals surface area contributed by atoms with Crippen molar-refractivity contribution in [1.29, 1.82) is 0 Å². The number of anilines is 1. The third-order valence-corrected chi connectivity index (χ3v) is 4.28. The van der Waals surface area contributed by atoms with Gasteiger partial charge in [0.05, 0.1) is 11.7 Å². The Labute approximate surface area is 172 Å². The van der Waals surface area contributed by atoms with E-state index in [-0.39, 0.29) is 25.4 Å². The van der Waals surface area contributed by atoms with Crippen LogP contribution in [0.25, 0.3) is 0 Å². The molecule has 0 aliphatic carbocycles. The van der Waals surface area contributed by atoms with Gasteiger partial charge in [-0.25, -0.2) is 9.18 Å². The molecule has 0 bridgehead atoms. The van der Waals surface area contributed by atoms with Gasteiger partial charge in [-0.05, 0) is 58.1 Å². The number of rotatable bonds is 11. The molecule has 0 aromatic heterocycles. The van der Waals surface area contributed by atoms with Gasteiger partial charge in [-0.3, -0.25) is 4.79 Å². The number of nitrogens with two attached hydrogens (primary N) is 1. The first-order valence-electron chi connectivity index (χ1n) is 9.90. The number of likely N-dealkylation sites (N-methyl/N-ethyl adjacent to an activating group) is 1. The second-order valence-corrected chi connectivity index (χ2v) is 8.16. The summed E-state index contributed by atoms with van der Waals surface area (Å²) in [4.78, 5) is 25.0. The molecule has 1 aromatic rings. The van der Waals surface area contributed by atoms with Gasteiger partial charge in [0.25, 0.3) is 0 Å². The molecule has 1 rings (SSSR count). The van der Waals surface area contributed by atoms with Gasteiger partial charge in [0.1, 0.15) is 11.4 Å². The Morgan fingerprint density at radius 1 is 1.31 bits per heavy atom. The zero-order valence-electron chi connectivity index (χ0n) is 17.8. The van der Waals surface area contributed by atoms with Crippen molar-refractivity contribution in [3.63, 3.8) is 0 Å². The van der Waals surface area contributed by atoms with Gasteiger partial charge in [-0.2, -0.15) is 0 Å². The number of aryl methyl sites for hydroxylation is 1. The molecule has 8 heteroatoms. The van der Waals surface area contributed by atoms with E-state index in [4.69, 9.17) is 15.6 Å². The number of aliphatic hydroxyl groups is 1. The smallest absolute Gasteiger partial charge is 0.407 e. The lowest BCUT2D eigenvalue weighted by Gasteiger charge is -2.28. The normalized spacial score (nSPS) is 12.3. The molecule has 164 valence electrons. The molecule has 7 nitrogen and oxygen atoms in total. The predicted molar refractivity (Wildman–Crippen MR) is 111 cm³/mol. The summed E-state index contributed by atoms with van der Waals surface area (Å²) in [5, 5.41) is 11.7. The first kappa shape index (κ1) is 24.7. The Balaban J connectivity index is 2.87. The number of amides is 2. The number of ether oxygens (including phenoxy) is 1. The number of nitrogens with zero attached hydrogens (tertiary/aromatic N) is 1. The molecule has 0 unspecified atom stereocenters. The summed E-state index contributed by atoms with van der Waals surface area (Å²) in [6.45, 7) is 5.64. The molecule has 0 aliphatic heterocycles. The molecule has 0 spiro atoms. The highest BCUT2D eigenvalue weighted by Crippen LogP contribution is 2.23.